The van der Waals surface area contributed by atoms with E-state index in [1.165, 1.54) is 0 Å². The highest BCUT2D eigenvalue weighted by atomic mass is 31.2. The molecule has 4 nitrogen and oxygen atoms in total. The van der Waals surface area contributed by atoms with Gasteiger partial charge in [-0.15, -0.1) is 0 Å². The van der Waals surface area contributed by atoms with Gasteiger partial charge >= 0.3 is 0 Å². The predicted molar refractivity (Wildman–Crippen MR) is 204 cm³/mol. The molecule has 0 radical (unpaired) electrons. The van der Waals surface area contributed by atoms with Gasteiger partial charge in [-0.2, -0.15) is 0 Å². The summed E-state index contributed by atoms with van der Waals surface area (Å²) in [4.78, 5) is 10.7. The Labute approximate surface area is 284 Å². The fourth-order valence-corrected chi connectivity index (χ4v) is 9.61. The van der Waals surface area contributed by atoms with Crippen molar-refractivity contribution in [1.82, 2.24) is 14.5 Å². The summed E-state index contributed by atoms with van der Waals surface area (Å²) in [5.74, 6) is 0.871. The van der Waals surface area contributed by atoms with Crippen molar-refractivity contribution in [1.29, 1.82) is 0 Å². The zero-order chi connectivity index (χ0) is 32.8. The topological polar surface area (TPSA) is 47.8 Å². The van der Waals surface area contributed by atoms with E-state index in [4.69, 9.17) is 9.97 Å². The van der Waals surface area contributed by atoms with Gasteiger partial charge in [-0.05, 0) is 29.7 Å². The Morgan fingerprint density at radius 1 is 0.449 bits per heavy atom. The van der Waals surface area contributed by atoms with Crippen LogP contribution in [0.15, 0.2) is 182 Å². The zero-order valence-electron chi connectivity index (χ0n) is 26.5. The van der Waals surface area contributed by atoms with E-state index in [9.17, 15) is 0 Å². The molecule has 0 bridgehead atoms. The van der Waals surface area contributed by atoms with Gasteiger partial charge in [-0.25, -0.2) is 9.97 Å². The molecular weight excluding hydrogens is 617 g/mol. The minimum Gasteiger partial charge on any atom is -0.309 e. The van der Waals surface area contributed by atoms with Gasteiger partial charge < -0.3 is 4.57 Å². The maximum atomic E-state index is 15.1. The quantitative estimate of drug-likeness (QED) is 0.133. The van der Waals surface area contributed by atoms with Gasteiger partial charge in [0.15, 0.2) is 7.14 Å². The molecule has 232 valence electrons. The first-order valence-corrected chi connectivity index (χ1v) is 18.1. The van der Waals surface area contributed by atoms with E-state index in [2.05, 4.69) is 83.4 Å². The van der Waals surface area contributed by atoms with Crippen LogP contribution in [0.5, 0.6) is 0 Å². The molecule has 0 saturated carbocycles. The van der Waals surface area contributed by atoms with Crippen LogP contribution < -0.4 is 15.9 Å². The summed E-state index contributed by atoms with van der Waals surface area (Å²) in [7, 11) is -3.12. The van der Waals surface area contributed by atoms with Crippen LogP contribution in [0.4, 0.5) is 0 Å². The van der Waals surface area contributed by atoms with Crippen molar-refractivity contribution in [2.75, 3.05) is 0 Å². The third-order valence-corrected chi connectivity index (χ3v) is 12.4. The smallest absolute Gasteiger partial charge is 0.171 e. The molecule has 9 rings (SSSR count). The fraction of sp³-hybridized carbons (Fsp3) is 0. The SMILES string of the molecule is O=P(c1ccccc1)(c1ccccc1)c1ccc(-c2nc3ccccc3c3ccc4c(nc(-c5ccccc5)n4-c4ccccc4)c23)cc1. The molecule has 5 heteroatoms. The van der Waals surface area contributed by atoms with E-state index in [1.54, 1.807) is 0 Å². The minimum atomic E-state index is -3.12. The Bertz CT molecular complexity index is 2610. The average molecular weight is 648 g/mol. The van der Waals surface area contributed by atoms with Crippen LogP contribution in [0.3, 0.4) is 0 Å². The number of rotatable bonds is 6. The molecule has 0 unspecified atom stereocenters. The fourth-order valence-electron chi connectivity index (χ4n) is 6.96. The van der Waals surface area contributed by atoms with Crippen molar-refractivity contribution < 1.29 is 4.57 Å². The van der Waals surface area contributed by atoms with E-state index in [1.807, 2.05) is 103 Å². The minimum absolute atomic E-state index is 0.781. The molecule has 0 fully saturated rings. The second kappa shape index (κ2) is 11.9. The summed E-state index contributed by atoms with van der Waals surface area (Å²) in [6, 6.07) is 61.1. The van der Waals surface area contributed by atoms with E-state index in [-0.39, 0.29) is 0 Å². The Morgan fingerprint density at radius 2 is 1.00 bits per heavy atom. The van der Waals surface area contributed by atoms with Gasteiger partial charge in [-0.1, -0.05) is 158 Å². The molecule has 49 heavy (non-hydrogen) atoms. The van der Waals surface area contributed by atoms with Gasteiger partial charge in [0.25, 0.3) is 0 Å². The lowest BCUT2D eigenvalue weighted by atomic mass is 9.99. The maximum absolute atomic E-state index is 15.1. The second-order valence-corrected chi connectivity index (χ2v) is 14.9. The summed E-state index contributed by atoms with van der Waals surface area (Å²) in [6.07, 6.45) is 0. The van der Waals surface area contributed by atoms with Crippen LogP contribution in [-0.2, 0) is 4.57 Å². The molecule has 0 aliphatic heterocycles. The summed E-state index contributed by atoms with van der Waals surface area (Å²) in [6.45, 7) is 0. The molecule has 0 spiro atoms. The van der Waals surface area contributed by atoms with E-state index >= 15 is 4.57 Å². The molecule has 0 saturated heterocycles. The number of nitrogens with zero attached hydrogens (tertiary/aromatic N) is 3. The number of fused-ring (bicyclic) bond motifs is 5. The van der Waals surface area contributed by atoms with E-state index < -0.39 is 7.14 Å². The van der Waals surface area contributed by atoms with Gasteiger partial charge in [0.05, 0.1) is 22.2 Å². The highest BCUT2D eigenvalue weighted by molar-refractivity contribution is 7.85. The van der Waals surface area contributed by atoms with Crippen LogP contribution in [0.25, 0.3) is 61.0 Å². The van der Waals surface area contributed by atoms with Gasteiger partial charge in [-0.3, -0.25) is 4.57 Å². The second-order valence-electron chi connectivity index (χ2n) is 12.1. The lowest BCUT2D eigenvalue weighted by Gasteiger charge is -2.20. The monoisotopic (exact) mass is 647 g/mol. The normalized spacial score (nSPS) is 11.8. The highest BCUT2D eigenvalue weighted by Crippen LogP contribution is 2.44. The summed E-state index contributed by atoms with van der Waals surface area (Å²) in [5.41, 5.74) is 6.67. The van der Waals surface area contributed by atoms with Crippen LogP contribution in [0.2, 0.25) is 0 Å². The highest BCUT2D eigenvalue weighted by Gasteiger charge is 2.30. The first-order valence-electron chi connectivity index (χ1n) is 16.4. The van der Waals surface area contributed by atoms with Crippen molar-refractivity contribution >= 4 is 55.8 Å². The number of imidazole rings is 1. The van der Waals surface area contributed by atoms with Crippen LogP contribution in [0, 0.1) is 0 Å². The van der Waals surface area contributed by atoms with E-state index in [0.717, 1.165) is 77.0 Å². The van der Waals surface area contributed by atoms with Crippen molar-refractivity contribution in [3.05, 3.63) is 182 Å². The number of aromatic nitrogens is 3. The Morgan fingerprint density at radius 3 is 1.65 bits per heavy atom. The summed E-state index contributed by atoms with van der Waals surface area (Å²) in [5, 5.41) is 5.56. The number of hydrogen-bond donors (Lipinski definition) is 0. The lowest BCUT2D eigenvalue weighted by Crippen LogP contribution is -2.24. The first-order chi connectivity index (χ1) is 24.2. The lowest BCUT2D eigenvalue weighted by molar-refractivity contribution is 0.592. The van der Waals surface area contributed by atoms with Crippen LogP contribution >= 0.6 is 7.14 Å². The first kappa shape index (κ1) is 29.1. The maximum Gasteiger partial charge on any atom is 0.171 e. The summed E-state index contributed by atoms with van der Waals surface area (Å²) < 4.78 is 17.3. The predicted octanol–water partition coefficient (Wildman–Crippen LogP) is 9.70. The molecule has 0 N–H and O–H groups in total. The summed E-state index contributed by atoms with van der Waals surface area (Å²) >= 11 is 0. The molecule has 0 atom stereocenters. The van der Waals surface area contributed by atoms with Crippen LogP contribution in [0.1, 0.15) is 0 Å². The van der Waals surface area contributed by atoms with Gasteiger partial charge in [0, 0.05) is 43.5 Å². The Kier molecular flexibility index (Phi) is 7.04. The molecule has 0 aliphatic rings. The van der Waals surface area contributed by atoms with Crippen LogP contribution in [-0.4, -0.2) is 14.5 Å². The van der Waals surface area contributed by atoms with Crippen molar-refractivity contribution in [2.24, 2.45) is 0 Å². The number of pyridine rings is 1. The largest absolute Gasteiger partial charge is 0.309 e. The number of benzene rings is 7. The third kappa shape index (κ3) is 4.80. The molecule has 9 aromatic rings. The van der Waals surface area contributed by atoms with Crippen molar-refractivity contribution in [2.45, 2.75) is 0 Å². The van der Waals surface area contributed by atoms with Gasteiger partial charge in [0.1, 0.15) is 5.82 Å². The third-order valence-electron chi connectivity index (χ3n) is 9.28. The van der Waals surface area contributed by atoms with Crippen molar-refractivity contribution in [3.63, 3.8) is 0 Å². The standard InChI is InChI=1S/C44H30N3OP/c48-49(34-19-9-3-10-20-34,35-21-11-4-12-22-35)36-27-25-31(26-28-36)42-41-38(37-23-13-14-24-39(37)45-42)29-30-40-43(41)46-44(32-15-5-1-6-16-32)47(40)33-17-7-2-8-18-33/h1-30H. The Balaban J connectivity index is 1.31. The molecule has 7 aromatic carbocycles. The van der Waals surface area contributed by atoms with E-state index in [0.29, 0.717) is 0 Å². The molecule has 0 aliphatic carbocycles. The molecule has 2 heterocycles. The molecule has 2 aromatic heterocycles. The number of para-hydroxylation sites is 2. The molecule has 0 amide bonds. The van der Waals surface area contributed by atoms with Crippen molar-refractivity contribution in [3.8, 4) is 28.3 Å². The molecular formula is C44H30N3OP. The zero-order valence-corrected chi connectivity index (χ0v) is 27.4. The Hall–Kier alpha value is -6.09. The average Bonchev–Trinajstić information content (AvgIpc) is 3.59. The number of hydrogen-bond acceptors (Lipinski definition) is 3. The van der Waals surface area contributed by atoms with Gasteiger partial charge in [0.2, 0.25) is 0 Å².